The molecule has 3 nitrogen and oxygen atoms in total. The van der Waals surface area contributed by atoms with Crippen molar-refractivity contribution in [1.82, 2.24) is 10.2 Å². The maximum absolute atomic E-state index is 6.46. The first kappa shape index (κ1) is 15.6. The molecule has 0 aromatic heterocycles. The van der Waals surface area contributed by atoms with Gasteiger partial charge in [0.1, 0.15) is 0 Å². The van der Waals surface area contributed by atoms with E-state index in [4.69, 9.17) is 11.6 Å². The number of anilines is 1. The van der Waals surface area contributed by atoms with Crippen LogP contribution in [0.1, 0.15) is 25.8 Å². The fraction of sp³-hybridized carbons (Fsp3) is 0.625. The molecule has 1 aliphatic rings. The van der Waals surface area contributed by atoms with E-state index in [1.807, 2.05) is 6.07 Å². The van der Waals surface area contributed by atoms with Gasteiger partial charge in [0.05, 0.1) is 10.7 Å². The van der Waals surface area contributed by atoms with E-state index in [-0.39, 0.29) is 0 Å². The van der Waals surface area contributed by atoms with E-state index < -0.39 is 0 Å². The summed E-state index contributed by atoms with van der Waals surface area (Å²) in [4.78, 5) is 4.93. The summed E-state index contributed by atoms with van der Waals surface area (Å²) >= 11 is 6.46. The van der Waals surface area contributed by atoms with Gasteiger partial charge >= 0.3 is 0 Å². The lowest BCUT2D eigenvalue weighted by molar-refractivity contribution is 0.271. The number of halogens is 1. The molecule has 0 atom stereocenters. The van der Waals surface area contributed by atoms with Gasteiger partial charge in [-0.05, 0) is 31.1 Å². The summed E-state index contributed by atoms with van der Waals surface area (Å²) in [6, 6.07) is 6.25. The highest BCUT2D eigenvalue weighted by molar-refractivity contribution is 6.33. The zero-order chi connectivity index (χ0) is 14.4. The summed E-state index contributed by atoms with van der Waals surface area (Å²) in [5.74, 6) is 0. The minimum Gasteiger partial charge on any atom is -0.368 e. The van der Waals surface area contributed by atoms with Gasteiger partial charge in [0.25, 0.3) is 0 Å². The first-order valence-corrected chi connectivity index (χ1v) is 8.09. The molecule has 0 bridgehead atoms. The molecular weight excluding hydrogens is 270 g/mol. The Morgan fingerprint density at radius 3 is 2.55 bits per heavy atom. The van der Waals surface area contributed by atoms with Crippen LogP contribution in [0.4, 0.5) is 5.69 Å². The van der Waals surface area contributed by atoms with Crippen LogP contribution in [0.25, 0.3) is 0 Å². The summed E-state index contributed by atoms with van der Waals surface area (Å²) in [7, 11) is 0. The largest absolute Gasteiger partial charge is 0.368 e. The third-order valence-corrected chi connectivity index (χ3v) is 4.25. The number of rotatable bonds is 6. The molecule has 0 spiro atoms. The molecule has 1 heterocycles. The molecule has 20 heavy (non-hydrogen) atoms. The minimum atomic E-state index is 0.880. The Kier molecular flexibility index (Phi) is 6.14. The monoisotopic (exact) mass is 295 g/mol. The van der Waals surface area contributed by atoms with Gasteiger partial charge in [-0.25, -0.2) is 0 Å². The van der Waals surface area contributed by atoms with E-state index in [0.29, 0.717) is 0 Å². The van der Waals surface area contributed by atoms with Gasteiger partial charge in [-0.2, -0.15) is 0 Å². The molecule has 0 amide bonds. The summed E-state index contributed by atoms with van der Waals surface area (Å²) in [5, 5.41) is 4.36. The van der Waals surface area contributed by atoms with Crippen molar-refractivity contribution < 1.29 is 0 Å². The zero-order valence-electron chi connectivity index (χ0n) is 12.7. The number of nitrogens with one attached hydrogen (secondary N) is 1. The van der Waals surface area contributed by atoms with Crippen molar-refractivity contribution in [3.8, 4) is 0 Å². The van der Waals surface area contributed by atoms with Crippen molar-refractivity contribution in [2.45, 2.75) is 26.8 Å². The van der Waals surface area contributed by atoms with E-state index >= 15 is 0 Å². The Balaban J connectivity index is 2.09. The molecule has 1 saturated heterocycles. The van der Waals surface area contributed by atoms with Crippen LogP contribution in [0.3, 0.4) is 0 Å². The molecule has 2 rings (SSSR count). The quantitative estimate of drug-likeness (QED) is 0.814. The Labute approximate surface area is 127 Å². The van der Waals surface area contributed by atoms with Crippen LogP contribution in [0.15, 0.2) is 18.2 Å². The van der Waals surface area contributed by atoms with Gasteiger partial charge in [0.2, 0.25) is 0 Å². The first-order chi connectivity index (χ1) is 9.76. The van der Waals surface area contributed by atoms with E-state index in [1.54, 1.807) is 0 Å². The number of piperazine rings is 1. The summed E-state index contributed by atoms with van der Waals surface area (Å²) < 4.78 is 0. The lowest BCUT2D eigenvalue weighted by atomic mass is 10.1. The fourth-order valence-corrected chi connectivity index (χ4v) is 3.06. The average Bonchev–Trinajstić information content (AvgIpc) is 2.48. The topological polar surface area (TPSA) is 18.5 Å². The Hall–Kier alpha value is -0.770. The number of benzene rings is 1. The highest BCUT2D eigenvalue weighted by atomic mass is 35.5. The molecule has 1 N–H and O–H groups in total. The van der Waals surface area contributed by atoms with Crippen molar-refractivity contribution >= 4 is 17.3 Å². The second-order valence-electron chi connectivity index (χ2n) is 5.35. The van der Waals surface area contributed by atoms with Gasteiger partial charge in [-0.1, -0.05) is 37.6 Å². The second-order valence-corrected chi connectivity index (χ2v) is 5.75. The fourth-order valence-electron chi connectivity index (χ4n) is 2.74. The summed E-state index contributed by atoms with van der Waals surface area (Å²) in [5.41, 5.74) is 2.55. The van der Waals surface area contributed by atoms with Gasteiger partial charge in [-0.3, -0.25) is 0 Å². The predicted octanol–water partition coefficient (Wildman–Crippen LogP) is 2.98. The standard InChI is InChI=1S/C16H26ClN3/c1-3-8-18-13-14-6-5-7-15(17)16(14)20-11-9-19(4-2)10-12-20/h5-7,18H,3-4,8-13H2,1-2H3. The second kappa shape index (κ2) is 7.87. The van der Waals surface area contributed by atoms with Gasteiger partial charge in [-0.15, -0.1) is 0 Å². The molecule has 0 unspecified atom stereocenters. The third kappa shape index (κ3) is 3.87. The molecule has 1 aliphatic heterocycles. The number of likely N-dealkylation sites (N-methyl/N-ethyl adjacent to an activating group) is 1. The molecule has 1 aromatic rings. The number of hydrogen-bond donors (Lipinski definition) is 1. The molecule has 0 saturated carbocycles. The zero-order valence-corrected chi connectivity index (χ0v) is 13.4. The van der Waals surface area contributed by atoms with Crippen LogP contribution in [-0.2, 0) is 6.54 Å². The third-order valence-electron chi connectivity index (χ3n) is 3.95. The van der Waals surface area contributed by atoms with Crippen molar-refractivity contribution in [2.75, 3.05) is 44.2 Å². The molecule has 112 valence electrons. The predicted molar refractivity (Wildman–Crippen MR) is 87.8 cm³/mol. The summed E-state index contributed by atoms with van der Waals surface area (Å²) in [6.07, 6.45) is 1.16. The van der Waals surface area contributed by atoms with Crippen LogP contribution in [0, 0.1) is 0 Å². The van der Waals surface area contributed by atoms with E-state index in [9.17, 15) is 0 Å². The van der Waals surface area contributed by atoms with E-state index in [2.05, 4.69) is 41.1 Å². The SMILES string of the molecule is CCCNCc1cccc(Cl)c1N1CCN(CC)CC1. The molecule has 0 aliphatic carbocycles. The lowest BCUT2D eigenvalue weighted by Gasteiger charge is -2.37. The highest BCUT2D eigenvalue weighted by Crippen LogP contribution is 2.30. The molecule has 0 radical (unpaired) electrons. The Bertz CT molecular complexity index is 414. The van der Waals surface area contributed by atoms with Gasteiger partial charge in [0, 0.05) is 32.7 Å². The average molecular weight is 296 g/mol. The Morgan fingerprint density at radius 1 is 1.15 bits per heavy atom. The summed E-state index contributed by atoms with van der Waals surface area (Å²) in [6.45, 7) is 11.9. The maximum atomic E-state index is 6.46. The lowest BCUT2D eigenvalue weighted by Crippen LogP contribution is -2.46. The normalized spacial score (nSPS) is 16.6. The molecular formula is C16H26ClN3. The highest BCUT2D eigenvalue weighted by Gasteiger charge is 2.20. The van der Waals surface area contributed by atoms with E-state index in [1.165, 1.54) is 11.3 Å². The number of nitrogens with zero attached hydrogens (tertiary/aromatic N) is 2. The van der Waals surface area contributed by atoms with Crippen LogP contribution >= 0.6 is 11.6 Å². The molecule has 4 heteroatoms. The van der Waals surface area contributed by atoms with Crippen LogP contribution in [0.2, 0.25) is 5.02 Å². The molecule has 1 fully saturated rings. The minimum absolute atomic E-state index is 0.880. The van der Waals surface area contributed by atoms with Crippen molar-refractivity contribution in [2.24, 2.45) is 0 Å². The van der Waals surface area contributed by atoms with Crippen LogP contribution in [-0.4, -0.2) is 44.2 Å². The van der Waals surface area contributed by atoms with Crippen molar-refractivity contribution in [3.05, 3.63) is 28.8 Å². The van der Waals surface area contributed by atoms with Crippen LogP contribution < -0.4 is 10.2 Å². The Morgan fingerprint density at radius 2 is 1.90 bits per heavy atom. The van der Waals surface area contributed by atoms with Gasteiger partial charge < -0.3 is 15.1 Å². The van der Waals surface area contributed by atoms with E-state index in [0.717, 1.165) is 57.3 Å². The van der Waals surface area contributed by atoms with Crippen LogP contribution in [0.5, 0.6) is 0 Å². The first-order valence-electron chi connectivity index (χ1n) is 7.71. The molecule has 1 aromatic carbocycles. The maximum Gasteiger partial charge on any atom is 0.0642 e. The van der Waals surface area contributed by atoms with Crippen molar-refractivity contribution in [1.29, 1.82) is 0 Å². The smallest absolute Gasteiger partial charge is 0.0642 e. The number of para-hydroxylation sites is 1. The van der Waals surface area contributed by atoms with Gasteiger partial charge in [0.15, 0.2) is 0 Å². The number of hydrogen-bond acceptors (Lipinski definition) is 3. The van der Waals surface area contributed by atoms with Crippen molar-refractivity contribution in [3.63, 3.8) is 0 Å².